The molecule has 3 heteroatoms. The van der Waals surface area contributed by atoms with Crippen molar-refractivity contribution in [2.45, 2.75) is 20.8 Å². The van der Waals surface area contributed by atoms with E-state index in [-0.39, 0.29) is 58.2 Å². The summed E-state index contributed by atoms with van der Waals surface area (Å²) in [4.78, 5) is 9.91. The van der Waals surface area contributed by atoms with Crippen molar-refractivity contribution in [1.82, 2.24) is 0 Å². The smallest absolute Gasteiger partial charge is 0.550 e. The summed E-state index contributed by atoms with van der Waals surface area (Å²) >= 11 is 0. The summed E-state index contributed by atoms with van der Waals surface area (Å²) in [5.41, 5.74) is -0.694. The minimum Gasteiger partial charge on any atom is -0.550 e. The summed E-state index contributed by atoms with van der Waals surface area (Å²) in [7, 11) is 0. The molecule has 0 saturated heterocycles. The Balaban J connectivity index is 0. The first-order valence-corrected chi connectivity index (χ1v) is 2.16. The molecule has 0 spiro atoms. The van der Waals surface area contributed by atoms with Crippen LogP contribution in [0.3, 0.4) is 0 Å². The van der Waals surface area contributed by atoms with Gasteiger partial charge in [0.1, 0.15) is 0 Å². The fourth-order valence-corrected chi connectivity index (χ4v) is 0. The topological polar surface area (TPSA) is 40.1 Å². The van der Waals surface area contributed by atoms with Crippen molar-refractivity contribution in [3.05, 3.63) is 0 Å². The Morgan fingerprint density at radius 2 is 1.50 bits per heavy atom. The zero-order valence-electron chi connectivity index (χ0n) is 5.82. The molecule has 8 heavy (non-hydrogen) atoms. The van der Waals surface area contributed by atoms with Gasteiger partial charge in [-0.05, 0) is 0 Å². The van der Waals surface area contributed by atoms with Crippen molar-refractivity contribution < 1.29 is 68.1 Å². The molecule has 0 heterocycles. The average molecular weight is 187 g/mol. The normalized spacial score (nSPS) is 9.88. The van der Waals surface area contributed by atoms with Gasteiger partial charge in [0.25, 0.3) is 0 Å². The first kappa shape index (κ1) is 12.0. The Bertz CT molecular complexity index is 82.9. The monoisotopic (exact) mass is 186 g/mol. The zero-order valence-corrected chi connectivity index (χ0v) is 10.7. The predicted octanol–water partition coefficient (Wildman–Crippen LogP) is -3.21. The molecule has 0 aliphatic heterocycles. The van der Waals surface area contributed by atoms with Crippen LogP contribution >= 0.6 is 0 Å². The van der Waals surface area contributed by atoms with Gasteiger partial charge in [0.2, 0.25) is 0 Å². The van der Waals surface area contributed by atoms with E-state index in [1.807, 2.05) is 0 Å². The molecule has 42 valence electrons. The van der Waals surface area contributed by atoms with Crippen molar-refractivity contribution in [2.24, 2.45) is 5.41 Å². The van der Waals surface area contributed by atoms with Gasteiger partial charge in [0.15, 0.2) is 0 Å². The second-order valence-corrected chi connectivity index (χ2v) is 2.54. The number of hydrogen-bond donors (Lipinski definition) is 0. The molecule has 0 rings (SSSR count). The summed E-state index contributed by atoms with van der Waals surface area (Å²) in [6.45, 7) is 4.80. The molecule has 0 bridgehead atoms. The Hall–Kier alpha value is 1.28. The van der Waals surface area contributed by atoms with Crippen LogP contribution in [0.15, 0.2) is 0 Å². The SMILES string of the molecule is CC(C)(C)C(=O)[O-].[Rb+]. The van der Waals surface area contributed by atoms with Gasteiger partial charge in [-0.1, -0.05) is 20.8 Å². The van der Waals surface area contributed by atoms with E-state index in [2.05, 4.69) is 0 Å². The van der Waals surface area contributed by atoms with Crippen LogP contribution in [-0.2, 0) is 4.79 Å². The van der Waals surface area contributed by atoms with Crippen LogP contribution in [0.1, 0.15) is 20.8 Å². The molecule has 0 aliphatic rings. The van der Waals surface area contributed by atoms with Crippen LogP contribution in [0.25, 0.3) is 0 Å². The molecule has 0 radical (unpaired) electrons. The van der Waals surface area contributed by atoms with Gasteiger partial charge in [-0.2, -0.15) is 0 Å². The standard InChI is InChI=1S/C5H10O2.Rb/c1-5(2,3)4(6)7;/h1-3H3,(H,6,7);/q;+1/p-1. The number of rotatable bonds is 0. The predicted molar refractivity (Wildman–Crippen MR) is 24.5 cm³/mol. The van der Waals surface area contributed by atoms with E-state index in [1.54, 1.807) is 20.8 Å². The molecule has 0 amide bonds. The van der Waals surface area contributed by atoms with Crippen LogP contribution in [0.5, 0.6) is 0 Å². The summed E-state index contributed by atoms with van der Waals surface area (Å²) in [5.74, 6) is -1.01. The molecule has 0 aliphatic carbocycles. The largest absolute Gasteiger partial charge is 1.00 e. The molecule has 0 atom stereocenters. The third-order valence-electron chi connectivity index (χ3n) is 0.612. The number of hydrogen-bond acceptors (Lipinski definition) is 2. The number of carbonyl (C=O) groups is 1. The van der Waals surface area contributed by atoms with E-state index >= 15 is 0 Å². The Morgan fingerprint density at radius 1 is 1.38 bits per heavy atom. The first-order valence-electron chi connectivity index (χ1n) is 2.16. The summed E-state index contributed by atoms with van der Waals surface area (Å²) in [5, 5.41) is 9.91. The van der Waals surface area contributed by atoms with Crippen molar-refractivity contribution >= 4 is 5.97 Å². The maximum Gasteiger partial charge on any atom is 1.00 e. The Morgan fingerprint density at radius 3 is 1.50 bits per heavy atom. The number of carboxylic acid groups (broad SMARTS) is 1. The zero-order chi connectivity index (χ0) is 6.08. The molecule has 0 aromatic rings. The maximum atomic E-state index is 9.91. The van der Waals surface area contributed by atoms with Gasteiger partial charge in [0.05, 0.1) is 0 Å². The molecule has 0 N–H and O–H groups in total. The van der Waals surface area contributed by atoms with Gasteiger partial charge in [-0.3, -0.25) is 0 Å². The van der Waals surface area contributed by atoms with Crippen LogP contribution in [-0.4, -0.2) is 5.97 Å². The van der Waals surface area contributed by atoms with E-state index in [0.29, 0.717) is 0 Å². The minimum absolute atomic E-state index is 0. The van der Waals surface area contributed by atoms with Crippen LogP contribution in [0.4, 0.5) is 0 Å². The van der Waals surface area contributed by atoms with E-state index in [0.717, 1.165) is 0 Å². The van der Waals surface area contributed by atoms with Gasteiger partial charge in [0, 0.05) is 11.4 Å². The summed E-state index contributed by atoms with van der Waals surface area (Å²) in [6.07, 6.45) is 0. The molecule has 0 unspecified atom stereocenters. The number of carboxylic acids is 1. The number of aliphatic carboxylic acids is 1. The molecule has 0 aromatic carbocycles. The van der Waals surface area contributed by atoms with Gasteiger partial charge in [-0.25, -0.2) is 0 Å². The van der Waals surface area contributed by atoms with Crippen LogP contribution in [0, 0.1) is 5.41 Å². The molecule has 0 fully saturated rings. The molecular formula is C5H9O2Rb. The molecule has 2 nitrogen and oxygen atoms in total. The first-order chi connectivity index (χ1) is 2.94. The third-order valence-corrected chi connectivity index (χ3v) is 0.612. The number of carbonyl (C=O) groups excluding carboxylic acids is 1. The van der Waals surface area contributed by atoms with Crippen molar-refractivity contribution in [1.29, 1.82) is 0 Å². The van der Waals surface area contributed by atoms with Crippen molar-refractivity contribution in [2.75, 3.05) is 0 Å². The molecular weight excluding hydrogens is 178 g/mol. The minimum atomic E-state index is -1.01. The van der Waals surface area contributed by atoms with Gasteiger partial charge >= 0.3 is 58.2 Å². The summed E-state index contributed by atoms with van der Waals surface area (Å²) < 4.78 is 0. The molecule has 0 saturated carbocycles. The second-order valence-electron chi connectivity index (χ2n) is 2.54. The van der Waals surface area contributed by atoms with Crippen molar-refractivity contribution in [3.63, 3.8) is 0 Å². The van der Waals surface area contributed by atoms with E-state index < -0.39 is 11.4 Å². The Kier molecular flexibility index (Phi) is 6.22. The van der Waals surface area contributed by atoms with Gasteiger partial charge < -0.3 is 9.90 Å². The van der Waals surface area contributed by atoms with E-state index in [1.165, 1.54) is 0 Å². The van der Waals surface area contributed by atoms with Gasteiger partial charge in [-0.15, -0.1) is 0 Å². The summed E-state index contributed by atoms with van der Waals surface area (Å²) in [6, 6.07) is 0. The Labute approximate surface area is 98.4 Å². The molecule has 0 aromatic heterocycles. The fraction of sp³-hybridized carbons (Fsp3) is 0.800. The van der Waals surface area contributed by atoms with E-state index in [9.17, 15) is 9.90 Å². The second kappa shape index (κ2) is 4.15. The van der Waals surface area contributed by atoms with Crippen molar-refractivity contribution in [3.8, 4) is 0 Å². The average Bonchev–Trinajstić information content (AvgIpc) is 1.31. The van der Waals surface area contributed by atoms with Crippen LogP contribution < -0.4 is 63.3 Å². The fourth-order valence-electron chi connectivity index (χ4n) is 0. The quantitative estimate of drug-likeness (QED) is 0.400. The van der Waals surface area contributed by atoms with Crippen LogP contribution in [0.2, 0.25) is 0 Å². The maximum absolute atomic E-state index is 9.91. The third kappa shape index (κ3) is 5.41. The van der Waals surface area contributed by atoms with E-state index in [4.69, 9.17) is 0 Å².